The van der Waals surface area contributed by atoms with Crippen molar-refractivity contribution in [2.75, 3.05) is 34.9 Å². The van der Waals surface area contributed by atoms with Gasteiger partial charge in [0, 0.05) is 57.1 Å². The average Bonchev–Trinajstić information content (AvgIpc) is 3.76. The molecular weight excluding hydrogens is 808 g/mol. The number of nitrogen functional groups attached to an aromatic ring is 1. The van der Waals surface area contributed by atoms with Gasteiger partial charge >= 0.3 is 0 Å². The fourth-order valence-corrected chi connectivity index (χ4v) is 5.02. The molecule has 0 radical (unpaired) electrons. The van der Waals surface area contributed by atoms with Crippen LogP contribution in [0.1, 0.15) is 33.6 Å². The zero-order valence-electron chi connectivity index (χ0n) is 28.0. The van der Waals surface area contributed by atoms with Crippen LogP contribution in [0.25, 0.3) is 0 Å². The molecule has 1 aliphatic heterocycles. The van der Waals surface area contributed by atoms with Gasteiger partial charge in [0.15, 0.2) is 0 Å². The van der Waals surface area contributed by atoms with Gasteiger partial charge in [0.2, 0.25) is 0 Å². The van der Waals surface area contributed by atoms with Crippen LogP contribution in [0.2, 0.25) is 0 Å². The molecule has 12 heteroatoms. The van der Waals surface area contributed by atoms with E-state index in [0.717, 1.165) is 44.9 Å². The van der Waals surface area contributed by atoms with Crippen LogP contribution < -0.4 is 21.7 Å². The topological polar surface area (TPSA) is 131 Å². The lowest BCUT2D eigenvalue weighted by Crippen LogP contribution is -2.13. The Morgan fingerprint density at radius 1 is 0.615 bits per heavy atom. The van der Waals surface area contributed by atoms with Crippen molar-refractivity contribution >= 4 is 88.7 Å². The first kappa shape index (κ1) is 39.7. The second-order valence-electron chi connectivity index (χ2n) is 10.9. The van der Waals surface area contributed by atoms with Crippen LogP contribution in [0.3, 0.4) is 0 Å². The largest absolute Gasteiger partial charge is 0.396 e. The molecule has 6 aromatic rings. The Labute approximate surface area is 325 Å². The van der Waals surface area contributed by atoms with Crippen LogP contribution in [-0.4, -0.2) is 34.3 Å². The van der Waals surface area contributed by atoms with E-state index in [1.165, 1.54) is 12.8 Å². The zero-order valence-corrected chi connectivity index (χ0v) is 31.9. The molecule has 7 rings (SSSR count). The predicted molar refractivity (Wildman–Crippen MR) is 219 cm³/mol. The smallest absolute Gasteiger partial charge is 0.255 e. The number of anilines is 6. The Morgan fingerprint density at radius 3 is 1.58 bits per heavy atom. The van der Waals surface area contributed by atoms with Gasteiger partial charge in [-0.15, -0.1) is 0 Å². The highest BCUT2D eigenvalue weighted by Gasteiger charge is 2.10. The maximum absolute atomic E-state index is 12.3. The Kier molecular flexibility index (Phi) is 16.8. The van der Waals surface area contributed by atoms with Gasteiger partial charge in [-0.3, -0.25) is 19.6 Å². The SMILES string of the molecule is C1CCOC1.Nc1cnccc1Nc1ccccc1.O=C(Cl)c1ccc(Br)cc1.O=C(Nc1cnccc1Nc1ccccc1)c1ccc(Br)cc1. The summed E-state index contributed by atoms with van der Waals surface area (Å²) in [5.41, 5.74) is 11.8. The number of para-hydroxylation sites is 2. The summed E-state index contributed by atoms with van der Waals surface area (Å²) in [5.74, 6) is -0.179. The minimum atomic E-state index is -0.424. The molecule has 2 aromatic heterocycles. The van der Waals surface area contributed by atoms with Crippen LogP contribution in [0.15, 0.2) is 155 Å². The van der Waals surface area contributed by atoms with Crippen LogP contribution in [-0.2, 0) is 4.74 Å². The van der Waals surface area contributed by atoms with Gasteiger partial charge in [0.1, 0.15) is 0 Å². The second-order valence-corrected chi connectivity index (χ2v) is 13.1. The summed E-state index contributed by atoms with van der Waals surface area (Å²) in [6.45, 7) is 2.00. The molecule has 9 nitrogen and oxygen atoms in total. The molecule has 5 N–H and O–H groups in total. The lowest BCUT2D eigenvalue weighted by atomic mass is 10.2. The normalized spacial score (nSPS) is 11.2. The van der Waals surface area contributed by atoms with Gasteiger partial charge in [0.25, 0.3) is 11.1 Å². The van der Waals surface area contributed by atoms with Gasteiger partial charge in [0.05, 0.1) is 35.1 Å². The van der Waals surface area contributed by atoms with Gasteiger partial charge in [-0.2, -0.15) is 0 Å². The number of hydrogen-bond acceptors (Lipinski definition) is 8. The maximum Gasteiger partial charge on any atom is 0.255 e. The third-order valence-electron chi connectivity index (χ3n) is 7.03. The van der Waals surface area contributed by atoms with Crippen LogP contribution in [0.4, 0.5) is 34.1 Å². The summed E-state index contributed by atoms with van der Waals surface area (Å²) in [5, 5.41) is 8.95. The Bertz CT molecular complexity index is 1960. The van der Waals surface area contributed by atoms with Crippen LogP contribution >= 0.6 is 43.5 Å². The minimum absolute atomic E-state index is 0.179. The number of halogens is 3. The fraction of sp³-hybridized carbons (Fsp3) is 0.100. The van der Waals surface area contributed by atoms with E-state index in [1.807, 2.05) is 84.9 Å². The van der Waals surface area contributed by atoms with E-state index in [0.29, 0.717) is 22.5 Å². The minimum Gasteiger partial charge on any atom is -0.396 e. The van der Waals surface area contributed by atoms with Crippen molar-refractivity contribution in [2.45, 2.75) is 12.8 Å². The number of hydrogen-bond donors (Lipinski definition) is 4. The molecule has 1 fully saturated rings. The van der Waals surface area contributed by atoms with E-state index in [9.17, 15) is 9.59 Å². The molecule has 3 heterocycles. The van der Waals surface area contributed by atoms with Crippen molar-refractivity contribution in [3.63, 3.8) is 0 Å². The van der Waals surface area contributed by atoms with Crippen molar-refractivity contribution in [3.8, 4) is 0 Å². The van der Waals surface area contributed by atoms with E-state index in [1.54, 1.807) is 61.2 Å². The van der Waals surface area contributed by atoms with Crippen LogP contribution in [0, 0.1) is 0 Å². The van der Waals surface area contributed by atoms with E-state index in [2.05, 4.69) is 57.8 Å². The van der Waals surface area contributed by atoms with E-state index < -0.39 is 5.24 Å². The van der Waals surface area contributed by atoms with Crippen molar-refractivity contribution in [1.29, 1.82) is 0 Å². The number of carbonyl (C=O) groups excluding carboxylic acids is 2. The number of ether oxygens (including phenoxy) is 1. The molecule has 0 unspecified atom stereocenters. The third kappa shape index (κ3) is 14.3. The summed E-state index contributed by atoms with van der Waals surface area (Å²) in [6, 6.07) is 37.4. The fourth-order valence-electron chi connectivity index (χ4n) is 4.36. The quantitative estimate of drug-likeness (QED) is 0.117. The summed E-state index contributed by atoms with van der Waals surface area (Å²) in [6.07, 6.45) is 9.20. The molecular formula is C40H37Br2ClN6O3. The first-order valence-corrected chi connectivity index (χ1v) is 18.1. The summed E-state index contributed by atoms with van der Waals surface area (Å²) < 4.78 is 6.82. The summed E-state index contributed by atoms with van der Waals surface area (Å²) in [7, 11) is 0. The summed E-state index contributed by atoms with van der Waals surface area (Å²) >= 11 is 11.8. The molecule has 1 saturated heterocycles. The number of nitrogens with one attached hydrogen (secondary N) is 3. The summed E-state index contributed by atoms with van der Waals surface area (Å²) in [4.78, 5) is 30.9. The Hall–Kier alpha value is -5.07. The highest BCUT2D eigenvalue weighted by molar-refractivity contribution is 9.10. The molecule has 1 amide bonds. The number of amides is 1. The number of rotatable bonds is 7. The van der Waals surface area contributed by atoms with Gasteiger partial charge in [-0.05, 0) is 109 Å². The Morgan fingerprint density at radius 2 is 1.10 bits per heavy atom. The molecule has 0 atom stereocenters. The van der Waals surface area contributed by atoms with Gasteiger partial charge in [-0.25, -0.2) is 0 Å². The van der Waals surface area contributed by atoms with Gasteiger partial charge in [-0.1, -0.05) is 68.3 Å². The molecule has 0 aliphatic carbocycles. The average molecular weight is 845 g/mol. The van der Waals surface area contributed by atoms with Gasteiger partial charge < -0.3 is 26.4 Å². The van der Waals surface area contributed by atoms with Crippen molar-refractivity contribution in [1.82, 2.24) is 9.97 Å². The molecule has 52 heavy (non-hydrogen) atoms. The predicted octanol–water partition coefficient (Wildman–Crippen LogP) is 10.9. The number of pyridine rings is 2. The second kappa shape index (κ2) is 22.0. The molecule has 0 saturated carbocycles. The number of nitrogens with zero attached hydrogens (tertiary/aromatic N) is 2. The molecule has 1 aliphatic rings. The van der Waals surface area contributed by atoms with E-state index >= 15 is 0 Å². The number of nitrogens with two attached hydrogens (primary N) is 1. The highest BCUT2D eigenvalue weighted by Crippen LogP contribution is 2.25. The van der Waals surface area contributed by atoms with E-state index in [4.69, 9.17) is 22.1 Å². The standard InChI is InChI=1S/C18H14BrN3O.C11H11N3.C7H4BrClO.C4H8O/c19-14-8-6-13(7-9-14)18(23)22-17-12-20-11-10-16(17)21-15-4-2-1-3-5-15;12-10-8-13-7-6-11(10)14-9-4-2-1-3-5-9;8-6-3-1-5(2-4-6)7(9)10;1-2-4-5-3-1/h1-12H,(H,20,21)(H,22,23);1-8H,12H2,(H,13,14);1-4H;1-4H2. The lowest BCUT2D eigenvalue weighted by Gasteiger charge is -2.12. The monoisotopic (exact) mass is 842 g/mol. The highest BCUT2D eigenvalue weighted by atomic mass is 79.9. The van der Waals surface area contributed by atoms with Crippen molar-refractivity contribution in [2.24, 2.45) is 0 Å². The lowest BCUT2D eigenvalue weighted by molar-refractivity contribution is 0.102. The molecule has 266 valence electrons. The first-order chi connectivity index (χ1) is 25.3. The zero-order chi connectivity index (χ0) is 37.0. The molecule has 0 bridgehead atoms. The number of aromatic nitrogens is 2. The molecule has 4 aromatic carbocycles. The van der Waals surface area contributed by atoms with Crippen molar-refractivity contribution < 1.29 is 14.3 Å². The van der Waals surface area contributed by atoms with Crippen LogP contribution in [0.5, 0.6) is 0 Å². The third-order valence-corrected chi connectivity index (χ3v) is 8.31. The maximum atomic E-state index is 12.3. The molecule has 0 spiro atoms. The number of carbonyl (C=O) groups is 2. The first-order valence-electron chi connectivity index (χ1n) is 16.2. The number of benzene rings is 4. The Balaban J connectivity index is 0.000000176. The van der Waals surface area contributed by atoms with Crippen molar-refractivity contribution in [3.05, 3.63) is 166 Å². The van der Waals surface area contributed by atoms with E-state index in [-0.39, 0.29) is 5.91 Å².